The zero-order valence-corrected chi connectivity index (χ0v) is 13.5. The molecule has 1 unspecified atom stereocenters. The first kappa shape index (κ1) is 17.0. The van der Waals surface area contributed by atoms with E-state index < -0.39 is 16.7 Å². The average Bonchev–Trinajstić information content (AvgIpc) is 2.44. The largest absolute Gasteiger partial charge is 0.496 e. The molecule has 22 heavy (non-hydrogen) atoms. The van der Waals surface area contributed by atoms with Gasteiger partial charge in [0.25, 0.3) is 0 Å². The highest BCUT2D eigenvalue weighted by Crippen LogP contribution is 2.34. The van der Waals surface area contributed by atoms with Crippen molar-refractivity contribution in [3.8, 4) is 5.75 Å². The second-order valence-electron chi connectivity index (χ2n) is 4.99. The van der Waals surface area contributed by atoms with Gasteiger partial charge in [-0.3, -0.25) is 0 Å². The molecule has 2 aromatic carbocycles. The smallest absolute Gasteiger partial charge is 0.164 e. The first-order valence-corrected chi connectivity index (χ1v) is 7.20. The molecule has 0 saturated carbocycles. The van der Waals surface area contributed by atoms with Crippen LogP contribution in [0.15, 0.2) is 30.3 Å². The topological polar surface area (TPSA) is 29.5 Å². The van der Waals surface area contributed by atoms with Gasteiger partial charge >= 0.3 is 0 Å². The summed E-state index contributed by atoms with van der Waals surface area (Å²) in [5.41, 5.74) is 0.714. The second kappa shape index (κ2) is 6.41. The Hall–Kier alpha value is -1.36. The molecular weight excluding hydrogens is 333 g/mol. The highest BCUT2D eigenvalue weighted by Gasteiger charge is 2.25. The molecule has 0 heterocycles. The van der Waals surface area contributed by atoms with E-state index in [1.54, 1.807) is 12.1 Å². The quantitative estimate of drug-likeness (QED) is 0.818. The third kappa shape index (κ3) is 3.51. The molecule has 1 atom stereocenters. The lowest BCUT2D eigenvalue weighted by molar-refractivity contribution is 0.145. The van der Waals surface area contributed by atoms with Crippen molar-refractivity contribution in [2.24, 2.45) is 0 Å². The molecule has 0 bridgehead atoms. The summed E-state index contributed by atoms with van der Waals surface area (Å²) in [5.74, 6) is -1.01. The van der Waals surface area contributed by atoms with Crippen molar-refractivity contribution in [2.45, 2.75) is 18.4 Å². The zero-order chi connectivity index (χ0) is 16.5. The van der Waals surface area contributed by atoms with Crippen LogP contribution in [0.5, 0.6) is 5.75 Å². The summed E-state index contributed by atoms with van der Waals surface area (Å²) < 4.78 is 33.1. The maximum Gasteiger partial charge on any atom is 0.164 e. The van der Waals surface area contributed by atoms with Crippen molar-refractivity contribution < 1.29 is 18.6 Å². The SMILES string of the molecule is COc1cc(F)c(C(C)(O)Cl)cc1Cc1cccc(Cl)c1F. The lowest BCUT2D eigenvalue weighted by atomic mass is 9.99. The summed E-state index contributed by atoms with van der Waals surface area (Å²) in [6.45, 7) is 1.25. The van der Waals surface area contributed by atoms with Gasteiger partial charge in [-0.15, -0.1) is 0 Å². The molecule has 2 nitrogen and oxygen atoms in total. The maximum absolute atomic E-state index is 14.0. The molecule has 0 aliphatic carbocycles. The van der Waals surface area contributed by atoms with E-state index in [9.17, 15) is 13.9 Å². The molecule has 0 aromatic heterocycles. The van der Waals surface area contributed by atoms with Crippen molar-refractivity contribution in [3.05, 3.63) is 63.7 Å². The van der Waals surface area contributed by atoms with Crippen molar-refractivity contribution in [3.63, 3.8) is 0 Å². The van der Waals surface area contributed by atoms with Crippen LogP contribution in [-0.4, -0.2) is 12.2 Å². The minimum absolute atomic E-state index is 0.00291. The first-order chi connectivity index (χ1) is 10.2. The number of halogens is 4. The normalized spacial score (nSPS) is 13.8. The summed E-state index contributed by atoms with van der Waals surface area (Å²) in [7, 11) is 1.38. The Labute approximate surface area is 137 Å². The fourth-order valence-corrected chi connectivity index (χ4v) is 2.51. The van der Waals surface area contributed by atoms with Gasteiger partial charge in [-0.2, -0.15) is 0 Å². The predicted molar refractivity (Wildman–Crippen MR) is 82.6 cm³/mol. The maximum atomic E-state index is 14.0. The van der Waals surface area contributed by atoms with E-state index in [1.165, 1.54) is 26.2 Å². The van der Waals surface area contributed by atoms with E-state index in [-0.39, 0.29) is 22.8 Å². The number of hydrogen-bond donors (Lipinski definition) is 1. The number of hydrogen-bond acceptors (Lipinski definition) is 2. The van der Waals surface area contributed by atoms with Gasteiger partial charge in [0.15, 0.2) is 5.06 Å². The van der Waals surface area contributed by atoms with Gasteiger partial charge in [0.2, 0.25) is 0 Å². The first-order valence-electron chi connectivity index (χ1n) is 6.45. The molecule has 0 amide bonds. The summed E-state index contributed by atoms with van der Waals surface area (Å²) in [6.07, 6.45) is 0.121. The van der Waals surface area contributed by atoms with E-state index >= 15 is 0 Å². The minimum atomic E-state index is -1.88. The third-order valence-electron chi connectivity index (χ3n) is 3.27. The van der Waals surface area contributed by atoms with Crippen LogP contribution in [0.2, 0.25) is 5.02 Å². The van der Waals surface area contributed by atoms with E-state index in [2.05, 4.69) is 0 Å². The zero-order valence-electron chi connectivity index (χ0n) is 12.0. The molecule has 0 radical (unpaired) electrons. The standard InChI is InChI=1S/C16H14Cl2F2O2/c1-16(18,21)11-7-10(14(22-2)8-13(11)19)6-9-4-3-5-12(17)15(9)20/h3-5,7-8,21H,6H2,1-2H3. The predicted octanol–water partition coefficient (Wildman–Crippen LogP) is 4.62. The van der Waals surface area contributed by atoms with E-state index in [0.29, 0.717) is 11.1 Å². The Morgan fingerprint density at radius 1 is 1.23 bits per heavy atom. The fraction of sp³-hybridized carbons (Fsp3) is 0.250. The summed E-state index contributed by atoms with van der Waals surface area (Å²) in [5, 5.41) is 7.94. The van der Waals surface area contributed by atoms with E-state index in [0.717, 1.165) is 6.07 Å². The molecule has 2 aromatic rings. The second-order valence-corrected chi connectivity index (χ2v) is 6.13. The van der Waals surface area contributed by atoms with Crippen molar-refractivity contribution >= 4 is 23.2 Å². The average molecular weight is 347 g/mol. The lowest BCUT2D eigenvalue weighted by Crippen LogP contribution is -2.15. The molecule has 118 valence electrons. The molecule has 1 N–H and O–H groups in total. The van der Waals surface area contributed by atoms with Crippen molar-refractivity contribution in [1.82, 2.24) is 0 Å². The Kier molecular flexibility index (Phi) is 4.95. The number of methoxy groups -OCH3 is 1. The minimum Gasteiger partial charge on any atom is -0.496 e. The molecule has 0 fully saturated rings. The van der Waals surface area contributed by atoms with Crippen LogP contribution in [0, 0.1) is 11.6 Å². The highest BCUT2D eigenvalue weighted by molar-refractivity contribution is 6.30. The fourth-order valence-electron chi connectivity index (χ4n) is 2.17. The van der Waals surface area contributed by atoms with Crippen LogP contribution in [0.25, 0.3) is 0 Å². The molecule has 0 aliphatic rings. The molecular formula is C16H14Cl2F2O2. The van der Waals surface area contributed by atoms with Crippen LogP contribution < -0.4 is 4.74 Å². The van der Waals surface area contributed by atoms with Crippen LogP contribution in [0.3, 0.4) is 0 Å². The van der Waals surface area contributed by atoms with Crippen molar-refractivity contribution in [1.29, 1.82) is 0 Å². The Morgan fingerprint density at radius 3 is 2.50 bits per heavy atom. The van der Waals surface area contributed by atoms with E-state index in [4.69, 9.17) is 27.9 Å². The Balaban J connectivity index is 2.52. The van der Waals surface area contributed by atoms with Crippen molar-refractivity contribution in [2.75, 3.05) is 7.11 Å². The molecule has 6 heteroatoms. The monoisotopic (exact) mass is 346 g/mol. The molecule has 0 aliphatic heterocycles. The Bertz CT molecular complexity index is 697. The summed E-state index contributed by atoms with van der Waals surface area (Å²) >= 11 is 11.5. The van der Waals surface area contributed by atoms with Gasteiger partial charge in [0.05, 0.1) is 12.1 Å². The van der Waals surface area contributed by atoms with Gasteiger partial charge in [-0.05, 0) is 30.2 Å². The summed E-state index contributed by atoms with van der Waals surface area (Å²) in [6, 6.07) is 7.11. The van der Waals surface area contributed by atoms with Crippen LogP contribution >= 0.6 is 23.2 Å². The third-order valence-corrected chi connectivity index (χ3v) is 3.77. The summed E-state index contributed by atoms with van der Waals surface area (Å²) in [4.78, 5) is 0. The van der Waals surface area contributed by atoms with Gasteiger partial charge in [-0.25, -0.2) is 8.78 Å². The van der Waals surface area contributed by atoms with Crippen LogP contribution in [0.4, 0.5) is 8.78 Å². The number of aliphatic hydroxyl groups is 1. The number of rotatable bonds is 4. The highest BCUT2D eigenvalue weighted by atomic mass is 35.5. The molecule has 0 saturated heterocycles. The van der Waals surface area contributed by atoms with E-state index in [1.807, 2.05) is 0 Å². The van der Waals surface area contributed by atoms with Crippen LogP contribution in [0.1, 0.15) is 23.6 Å². The van der Waals surface area contributed by atoms with Crippen LogP contribution in [-0.2, 0) is 11.5 Å². The van der Waals surface area contributed by atoms with Gasteiger partial charge < -0.3 is 9.84 Å². The molecule has 2 rings (SSSR count). The Morgan fingerprint density at radius 2 is 1.91 bits per heavy atom. The number of ether oxygens (including phenoxy) is 1. The lowest BCUT2D eigenvalue weighted by Gasteiger charge is -2.19. The van der Waals surface area contributed by atoms with Gasteiger partial charge in [-0.1, -0.05) is 35.3 Å². The molecule has 0 spiro atoms. The van der Waals surface area contributed by atoms with Gasteiger partial charge in [0, 0.05) is 18.1 Å². The van der Waals surface area contributed by atoms with Gasteiger partial charge in [0.1, 0.15) is 17.4 Å². The number of alkyl halides is 1. The number of benzene rings is 2.